The Morgan fingerprint density at radius 3 is 2.47 bits per heavy atom. The minimum absolute atomic E-state index is 0.0684. The van der Waals surface area contributed by atoms with Crippen molar-refractivity contribution in [3.8, 4) is 17.0 Å². The van der Waals surface area contributed by atoms with E-state index in [1.807, 2.05) is 4.90 Å². The zero-order valence-electron chi connectivity index (χ0n) is 20.9. The van der Waals surface area contributed by atoms with Crippen LogP contribution in [0.25, 0.3) is 11.3 Å². The number of hydrogen-bond acceptors (Lipinski definition) is 5. The standard InChI is InChI=1S/C26H27ClF3N5O3/c1-17(36)35-10-8-34(9-11-35)12-13-38-23-7-6-20(15-21(23)24-22(27)16-31-33(24)2)32-25(37)18-4-3-5-19(14-18)26(28,29)30/h3-7,14-16H,8-13H2,1-2H3,(H,32,37). The number of benzene rings is 2. The van der Waals surface area contributed by atoms with E-state index < -0.39 is 17.6 Å². The Morgan fingerprint density at radius 2 is 1.84 bits per heavy atom. The number of carbonyl (C=O) groups excluding carboxylic acids is 2. The van der Waals surface area contributed by atoms with Crippen LogP contribution >= 0.6 is 11.6 Å². The van der Waals surface area contributed by atoms with Gasteiger partial charge in [-0.15, -0.1) is 0 Å². The summed E-state index contributed by atoms with van der Waals surface area (Å²) in [6.07, 6.45) is -3.07. The molecule has 12 heteroatoms. The van der Waals surface area contributed by atoms with Gasteiger partial charge in [0.15, 0.2) is 0 Å². The lowest BCUT2D eigenvalue weighted by molar-refractivity contribution is -0.137. The summed E-state index contributed by atoms with van der Waals surface area (Å²) in [6.45, 7) is 5.44. The highest BCUT2D eigenvalue weighted by atomic mass is 35.5. The van der Waals surface area contributed by atoms with Crippen LogP contribution < -0.4 is 10.1 Å². The molecule has 0 saturated carbocycles. The zero-order chi connectivity index (χ0) is 27.4. The molecule has 0 bridgehead atoms. The molecule has 0 atom stereocenters. The maximum absolute atomic E-state index is 13.1. The number of aromatic nitrogens is 2. The molecule has 38 heavy (non-hydrogen) atoms. The third kappa shape index (κ3) is 6.46. The second kappa shape index (κ2) is 11.4. The summed E-state index contributed by atoms with van der Waals surface area (Å²) in [6, 6.07) is 9.16. The first-order chi connectivity index (χ1) is 18.0. The average molecular weight is 550 g/mol. The molecular weight excluding hydrogens is 523 g/mol. The molecule has 0 spiro atoms. The van der Waals surface area contributed by atoms with Crippen molar-refractivity contribution in [1.82, 2.24) is 19.6 Å². The summed E-state index contributed by atoms with van der Waals surface area (Å²) in [4.78, 5) is 28.3. The molecule has 2 heterocycles. The molecule has 1 aliphatic rings. The van der Waals surface area contributed by atoms with Gasteiger partial charge in [-0.3, -0.25) is 19.2 Å². The molecule has 3 aromatic rings. The maximum atomic E-state index is 13.1. The van der Waals surface area contributed by atoms with E-state index in [9.17, 15) is 22.8 Å². The number of nitrogens with one attached hydrogen (secondary N) is 1. The lowest BCUT2D eigenvalue weighted by atomic mass is 10.1. The van der Waals surface area contributed by atoms with Crippen LogP contribution in [-0.2, 0) is 18.0 Å². The minimum Gasteiger partial charge on any atom is -0.492 e. The third-order valence-electron chi connectivity index (χ3n) is 6.32. The molecule has 0 unspecified atom stereocenters. The first-order valence-electron chi connectivity index (χ1n) is 11.9. The average Bonchev–Trinajstić information content (AvgIpc) is 3.22. The summed E-state index contributed by atoms with van der Waals surface area (Å²) in [7, 11) is 1.72. The fraction of sp³-hybridized carbons (Fsp3) is 0.346. The van der Waals surface area contributed by atoms with Crippen LogP contribution in [-0.4, -0.2) is 70.7 Å². The normalized spacial score (nSPS) is 14.4. The van der Waals surface area contributed by atoms with Crippen molar-refractivity contribution in [3.63, 3.8) is 0 Å². The zero-order valence-corrected chi connectivity index (χ0v) is 21.6. The Morgan fingerprint density at radius 1 is 1.11 bits per heavy atom. The van der Waals surface area contributed by atoms with E-state index in [1.54, 1.807) is 36.9 Å². The monoisotopic (exact) mass is 549 g/mol. The van der Waals surface area contributed by atoms with Crippen molar-refractivity contribution in [1.29, 1.82) is 0 Å². The van der Waals surface area contributed by atoms with Gasteiger partial charge in [0, 0.05) is 63.5 Å². The molecule has 1 N–H and O–H groups in total. The van der Waals surface area contributed by atoms with E-state index in [-0.39, 0.29) is 11.5 Å². The Hall–Kier alpha value is -3.57. The molecule has 202 valence electrons. The van der Waals surface area contributed by atoms with Gasteiger partial charge in [-0.25, -0.2) is 0 Å². The lowest BCUT2D eigenvalue weighted by Crippen LogP contribution is -2.48. The number of ether oxygens (including phenoxy) is 1. The molecule has 1 aliphatic heterocycles. The molecule has 1 aromatic heterocycles. The van der Waals surface area contributed by atoms with Gasteiger partial charge in [0.25, 0.3) is 5.91 Å². The fourth-order valence-electron chi connectivity index (χ4n) is 4.24. The predicted octanol–water partition coefficient (Wildman–Crippen LogP) is 4.55. The van der Waals surface area contributed by atoms with E-state index in [2.05, 4.69) is 15.3 Å². The van der Waals surface area contributed by atoms with Crippen LogP contribution in [0.1, 0.15) is 22.8 Å². The quantitative estimate of drug-likeness (QED) is 0.468. The number of aryl methyl sites for hydroxylation is 1. The number of hydrogen-bond donors (Lipinski definition) is 1. The highest BCUT2D eigenvalue weighted by Crippen LogP contribution is 2.37. The lowest BCUT2D eigenvalue weighted by Gasteiger charge is -2.34. The van der Waals surface area contributed by atoms with Gasteiger partial charge in [-0.2, -0.15) is 18.3 Å². The molecule has 1 fully saturated rings. The number of halogens is 4. The van der Waals surface area contributed by atoms with Crippen molar-refractivity contribution >= 4 is 29.1 Å². The topological polar surface area (TPSA) is 79.7 Å². The SMILES string of the molecule is CC(=O)N1CCN(CCOc2ccc(NC(=O)c3cccc(C(F)(F)F)c3)cc2-c2c(Cl)cnn2C)CC1. The number of amides is 2. The van der Waals surface area contributed by atoms with Gasteiger partial charge in [-0.05, 0) is 36.4 Å². The van der Waals surface area contributed by atoms with Crippen molar-refractivity contribution in [3.05, 3.63) is 64.8 Å². The van der Waals surface area contributed by atoms with Gasteiger partial charge in [0.2, 0.25) is 5.91 Å². The number of carbonyl (C=O) groups is 2. The summed E-state index contributed by atoms with van der Waals surface area (Å²) in [5.74, 6) is -0.106. The smallest absolute Gasteiger partial charge is 0.416 e. The van der Waals surface area contributed by atoms with Crippen molar-refractivity contribution in [2.75, 3.05) is 44.6 Å². The Kier molecular flexibility index (Phi) is 8.27. The molecule has 8 nitrogen and oxygen atoms in total. The second-order valence-corrected chi connectivity index (χ2v) is 9.31. The first-order valence-corrected chi connectivity index (χ1v) is 12.3. The van der Waals surface area contributed by atoms with Crippen LogP contribution in [0.15, 0.2) is 48.7 Å². The van der Waals surface area contributed by atoms with Crippen LogP contribution in [0.2, 0.25) is 5.02 Å². The van der Waals surface area contributed by atoms with Gasteiger partial charge in [-0.1, -0.05) is 17.7 Å². The maximum Gasteiger partial charge on any atom is 0.416 e. The van der Waals surface area contributed by atoms with Gasteiger partial charge in [0.1, 0.15) is 12.4 Å². The van der Waals surface area contributed by atoms with E-state index in [4.69, 9.17) is 16.3 Å². The van der Waals surface area contributed by atoms with E-state index in [0.717, 1.165) is 25.2 Å². The van der Waals surface area contributed by atoms with Gasteiger partial charge >= 0.3 is 6.18 Å². The molecule has 0 aliphatic carbocycles. The third-order valence-corrected chi connectivity index (χ3v) is 6.60. The fourth-order valence-corrected chi connectivity index (χ4v) is 4.51. The molecule has 0 radical (unpaired) electrons. The number of anilines is 1. The molecule has 2 aromatic carbocycles. The predicted molar refractivity (Wildman–Crippen MR) is 137 cm³/mol. The molecular formula is C26H27ClF3N5O3. The molecule has 1 saturated heterocycles. The van der Waals surface area contributed by atoms with Crippen LogP contribution in [0.3, 0.4) is 0 Å². The summed E-state index contributed by atoms with van der Waals surface area (Å²) >= 11 is 6.39. The Balaban J connectivity index is 1.50. The first kappa shape index (κ1) is 27.5. The van der Waals surface area contributed by atoms with E-state index in [0.29, 0.717) is 54.0 Å². The second-order valence-electron chi connectivity index (χ2n) is 8.90. The highest BCUT2D eigenvalue weighted by molar-refractivity contribution is 6.33. The van der Waals surface area contributed by atoms with Crippen LogP contribution in [0.4, 0.5) is 18.9 Å². The minimum atomic E-state index is -4.56. The number of nitrogens with zero attached hydrogens (tertiary/aromatic N) is 4. The van der Waals surface area contributed by atoms with E-state index >= 15 is 0 Å². The van der Waals surface area contributed by atoms with Gasteiger partial charge in [0.05, 0.1) is 22.5 Å². The van der Waals surface area contributed by atoms with Crippen molar-refractivity contribution < 1.29 is 27.5 Å². The summed E-state index contributed by atoms with van der Waals surface area (Å²) in [5, 5.41) is 7.20. The number of alkyl halides is 3. The Labute approximate surface area is 222 Å². The molecule has 2 amide bonds. The molecule has 4 rings (SSSR count). The van der Waals surface area contributed by atoms with E-state index in [1.165, 1.54) is 18.3 Å². The van der Waals surface area contributed by atoms with Crippen LogP contribution in [0.5, 0.6) is 5.75 Å². The van der Waals surface area contributed by atoms with Gasteiger partial charge < -0.3 is 15.0 Å². The summed E-state index contributed by atoms with van der Waals surface area (Å²) < 4.78 is 46.9. The largest absolute Gasteiger partial charge is 0.492 e. The van der Waals surface area contributed by atoms with Crippen LogP contribution in [0, 0.1) is 0 Å². The summed E-state index contributed by atoms with van der Waals surface area (Å²) in [5.41, 5.74) is 0.460. The number of piperazine rings is 1. The van der Waals surface area contributed by atoms with Crippen molar-refractivity contribution in [2.45, 2.75) is 13.1 Å². The number of rotatable bonds is 7. The van der Waals surface area contributed by atoms with Crippen molar-refractivity contribution in [2.24, 2.45) is 7.05 Å². The highest BCUT2D eigenvalue weighted by Gasteiger charge is 2.31. The Bertz CT molecular complexity index is 1300.